The Labute approximate surface area is 311 Å². The molecule has 0 aliphatic carbocycles. The van der Waals surface area contributed by atoms with Crippen LogP contribution >= 0.6 is 34.8 Å². The van der Waals surface area contributed by atoms with E-state index in [1.54, 1.807) is 24.3 Å². The number of aryl methyl sites for hydroxylation is 1. The average Bonchev–Trinajstić information content (AvgIpc) is 3.44. The number of aliphatic imine (C=N–C) groups is 1. The van der Waals surface area contributed by atoms with Crippen LogP contribution in [0.3, 0.4) is 0 Å². The third-order valence-electron chi connectivity index (χ3n) is 8.44. The molecule has 2 amide bonds. The maximum absolute atomic E-state index is 12.6. The molecule has 2 N–H and O–H groups in total. The molecule has 1 fully saturated rings. The SMILES string of the molecule is CCCCCCCCCCCCCCCc1cccc(OCCOC(=O)Nc2ccc(N=C3CC(=O)N(c4c(Cl)cc(Cl)cc4Cl)N3)cc2)c1. The van der Waals surface area contributed by atoms with Crippen molar-refractivity contribution in [2.75, 3.05) is 23.5 Å². The number of hydrogen-bond acceptors (Lipinski definition) is 5. The molecule has 0 bridgehead atoms. The van der Waals surface area contributed by atoms with E-state index in [4.69, 9.17) is 44.3 Å². The van der Waals surface area contributed by atoms with Crippen molar-refractivity contribution in [3.05, 3.63) is 81.3 Å². The van der Waals surface area contributed by atoms with Gasteiger partial charge >= 0.3 is 6.09 Å². The molecule has 1 heterocycles. The predicted molar refractivity (Wildman–Crippen MR) is 207 cm³/mol. The van der Waals surface area contributed by atoms with Crippen molar-refractivity contribution in [2.45, 2.75) is 103 Å². The minimum atomic E-state index is -0.584. The van der Waals surface area contributed by atoms with Crippen LogP contribution in [0.5, 0.6) is 5.75 Å². The zero-order valence-corrected chi connectivity index (χ0v) is 31.2. The van der Waals surface area contributed by atoms with Gasteiger partial charge in [-0.3, -0.25) is 15.5 Å². The molecule has 11 heteroatoms. The molecule has 0 unspecified atom stereocenters. The van der Waals surface area contributed by atoms with Crippen LogP contribution in [0, 0.1) is 0 Å². The molecule has 1 aliphatic heterocycles. The van der Waals surface area contributed by atoms with Gasteiger partial charge in [-0.2, -0.15) is 0 Å². The van der Waals surface area contributed by atoms with Crippen molar-refractivity contribution >= 4 is 69.7 Å². The first kappa shape index (κ1) is 39.3. The van der Waals surface area contributed by atoms with Crippen LogP contribution in [0.15, 0.2) is 65.7 Å². The molecule has 0 saturated carbocycles. The molecule has 8 nitrogen and oxygen atoms in total. The highest BCUT2D eigenvalue weighted by atomic mass is 35.5. The first-order valence-electron chi connectivity index (χ1n) is 17.9. The monoisotopic (exact) mass is 742 g/mol. The van der Waals surface area contributed by atoms with E-state index in [9.17, 15) is 9.59 Å². The first-order chi connectivity index (χ1) is 24.3. The van der Waals surface area contributed by atoms with Crippen LogP contribution in [0.25, 0.3) is 0 Å². The van der Waals surface area contributed by atoms with E-state index in [1.807, 2.05) is 12.1 Å². The Kier molecular flexibility index (Phi) is 17.1. The third kappa shape index (κ3) is 13.7. The fourth-order valence-electron chi connectivity index (χ4n) is 5.81. The van der Waals surface area contributed by atoms with Crippen LogP contribution < -0.4 is 20.5 Å². The highest BCUT2D eigenvalue weighted by Gasteiger charge is 2.30. The Hall–Kier alpha value is -3.46. The zero-order valence-electron chi connectivity index (χ0n) is 29.0. The number of rotatable bonds is 21. The van der Waals surface area contributed by atoms with Crippen LogP contribution in [-0.2, 0) is 16.0 Å². The van der Waals surface area contributed by atoms with Gasteiger partial charge in [0.15, 0.2) is 0 Å². The largest absolute Gasteiger partial charge is 0.490 e. The maximum atomic E-state index is 12.6. The molecule has 3 aromatic rings. The number of benzene rings is 3. The molecule has 270 valence electrons. The number of halogens is 3. The summed E-state index contributed by atoms with van der Waals surface area (Å²) < 4.78 is 11.1. The van der Waals surface area contributed by atoms with Gasteiger partial charge in [0.25, 0.3) is 5.91 Å². The molecule has 1 aliphatic rings. The Morgan fingerprint density at radius 3 is 2.08 bits per heavy atom. The van der Waals surface area contributed by atoms with Crippen molar-refractivity contribution in [3.63, 3.8) is 0 Å². The van der Waals surface area contributed by atoms with Crippen molar-refractivity contribution in [2.24, 2.45) is 4.99 Å². The number of hydrogen-bond donors (Lipinski definition) is 2. The lowest BCUT2D eigenvalue weighted by atomic mass is 10.0. The van der Waals surface area contributed by atoms with Gasteiger partial charge < -0.3 is 9.47 Å². The van der Waals surface area contributed by atoms with Gasteiger partial charge in [0.1, 0.15) is 30.5 Å². The number of carbonyl (C=O) groups excluding carboxylic acids is 2. The minimum absolute atomic E-state index is 0.0352. The Morgan fingerprint density at radius 1 is 0.820 bits per heavy atom. The van der Waals surface area contributed by atoms with Gasteiger partial charge in [0.05, 0.1) is 22.2 Å². The quantitative estimate of drug-likeness (QED) is 0.106. The fraction of sp³-hybridized carbons (Fsp3) is 0.462. The Morgan fingerprint density at radius 2 is 1.44 bits per heavy atom. The van der Waals surface area contributed by atoms with Crippen molar-refractivity contribution in [3.8, 4) is 5.75 Å². The van der Waals surface area contributed by atoms with E-state index < -0.39 is 6.09 Å². The molecule has 0 radical (unpaired) electrons. The smallest absolute Gasteiger partial charge is 0.411 e. The molecule has 1 saturated heterocycles. The number of nitrogens with one attached hydrogen (secondary N) is 2. The Balaban J connectivity index is 1.08. The number of anilines is 2. The fourth-order valence-corrected chi connectivity index (χ4v) is 6.79. The Bertz CT molecular complexity index is 1530. The van der Waals surface area contributed by atoms with Gasteiger partial charge in [-0.15, -0.1) is 0 Å². The van der Waals surface area contributed by atoms with Crippen LogP contribution in [0.4, 0.5) is 21.9 Å². The van der Waals surface area contributed by atoms with Gasteiger partial charge in [0, 0.05) is 10.7 Å². The van der Waals surface area contributed by atoms with E-state index in [0.717, 1.165) is 12.2 Å². The lowest BCUT2D eigenvalue weighted by molar-refractivity contribution is -0.116. The van der Waals surface area contributed by atoms with E-state index in [0.29, 0.717) is 27.9 Å². The second-order valence-electron chi connectivity index (χ2n) is 12.6. The summed E-state index contributed by atoms with van der Waals surface area (Å²) in [6, 6.07) is 18.0. The highest BCUT2D eigenvalue weighted by molar-refractivity contribution is 6.42. The van der Waals surface area contributed by atoms with Crippen LogP contribution in [0.1, 0.15) is 102 Å². The van der Waals surface area contributed by atoms with E-state index in [-0.39, 0.29) is 35.6 Å². The second-order valence-corrected chi connectivity index (χ2v) is 13.8. The normalized spacial score (nSPS) is 13.5. The summed E-state index contributed by atoms with van der Waals surface area (Å²) in [5.74, 6) is 0.930. The van der Waals surface area contributed by atoms with E-state index >= 15 is 0 Å². The van der Waals surface area contributed by atoms with E-state index in [1.165, 1.54) is 106 Å². The summed E-state index contributed by atoms with van der Waals surface area (Å²) in [5, 5.41) is 4.80. The second kappa shape index (κ2) is 21.7. The lowest BCUT2D eigenvalue weighted by Crippen LogP contribution is -2.36. The molecule has 3 aromatic carbocycles. The molecule has 0 aromatic heterocycles. The number of amidine groups is 1. The maximum Gasteiger partial charge on any atom is 0.411 e. The predicted octanol–water partition coefficient (Wildman–Crippen LogP) is 11.9. The first-order valence-corrected chi connectivity index (χ1v) is 19.0. The lowest BCUT2D eigenvalue weighted by Gasteiger charge is -2.19. The van der Waals surface area contributed by atoms with Crippen LogP contribution in [0.2, 0.25) is 15.1 Å². The summed E-state index contributed by atoms with van der Waals surface area (Å²) in [5.41, 5.74) is 5.64. The number of ether oxygens (including phenoxy) is 2. The summed E-state index contributed by atoms with van der Waals surface area (Å²) in [6.07, 6.45) is 18.1. The molecule has 0 atom stereocenters. The molecule has 50 heavy (non-hydrogen) atoms. The van der Waals surface area contributed by atoms with Crippen LogP contribution in [-0.4, -0.2) is 31.0 Å². The molecule has 0 spiro atoms. The van der Waals surface area contributed by atoms with Gasteiger partial charge in [-0.25, -0.2) is 14.8 Å². The minimum Gasteiger partial charge on any atom is -0.490 e. The standard InChI is InChI=1S/C39H49Cl3N4O4/c1-2-3-4-5-6-7-8-9-10-11-12-13-14-16-29-17-15-18-33(25-29)49-23-24-50-39(48)44-32-21-19-31(20-22-32)43-36-28-37(47)46(45-36)38-34(41)26-30(40)27-35(38)42/h15,17-22,25-27H,2-14,16,23-24,28H2,1H3,(H,43,45)(H,44,48). The highest BCUT2D eigenvalue weighted by Crippen LogP contribution is 2.37. The molecular formula is C39H49Cl3N4O4. The van der Waals surface area contributed by atoms with Gasteiger partial charge in [0.2, 0.25) is 0 Å². The van der Waals surface area contributed by atoms with Gasteiger partial charge in [-0.05, 0) is 66.9 Å². The number of nitrogens with zero attached hydrogens (tertiary/aromatic N) is 2. The van der Waals surface area contributed by atoms with Crippen molar-refractivity contribution in [1.29, 1.82) is 0 Å². The summed E-state index contributed by atoms with van der Waals surface area (Å²) in [4.78, 5) is 29.4. The number of unbranched alkanes of at least 4 members (excludes halogenated alkanes) is 12. The average molecular weight is 744 g/mol. The number of carbonyl (C=O) groups is 2. The summed E-state index contributed by atoms with van der Waals surface area (Å²) in [6.45, 7) is 2.63. The van der Waals surface area contributed by atoms with E-state index in [2.05, 4.69) is 34.8 Å². The summed E-state index contributed by atoms with van der Waals surface area (Å²) in [7, 11) is 0. The third-order valence-corrected chi connectivity index (χ3v) is 9.24. The molecular weight excluding hydrogens is 695 g/mol. The van der Waals surface area contributed by atoms with Crippen molar-refractivity contribution < 1.29 is 19.1 Å². The molecule has 4 rings (SSSR count). The number of amides is 2. The van der Waals surface area contributed by atoms with Gasteiger partial charge in [-0.1, -0.05) is 131 Å². The number of hydrazine groups is 1. The topological polar surface area (TPSA) is 92.3 Å². The summed E-state index contributed by atoms with van der Waals surface area (Å²) >= 11 is 18.5. The van der Waals surface area contributed by atoms with Crippen molar-refractivity contribution in [1.82, 2.24) is 5.43 Å². The zero-order chi connectivity index (χ0) is 35.6.